The van der Waals surface area contributed by atoms with Crippen molar-refractivity contribution in [2.24, 2.45) is 5.92 Å². The van der Waals surface area contributed by atoms with Crippen LogP contribution in [0.4, 0.5) is 8.78 Å². The SMILES string of the molecule is Cc1ccc(CC(Cc2ncc(-c3ccccc3F)nc2Cc2cccc(F)c2)C(=O)O)o1. The van der Waals surface area contributed by atoms with Gasteiger partial charge in [0.1, 0.15) is 23.2 Å². The molecule has 0 fully saturated rings. The molecule has 2 aromatic carbocycles. The second-order valence-electron chi connectivity index (χ2n) is 7.89. The molecule has 0 aliphatic carbocycles. The third-order valence-electron chi connectivity index (χ3n) is 5.37. The summed E-state index contributed by atoms with van der Waals surface area (Å²) in [5.74, 6) is -1.33. The number of hydrogen-bond donors (Lipinski definition) is 1. The molecule has 0 amide bonds. The first-order valence-corrected chi connectivity index (χ1v) is 10.5. The highest BCUT2D eigenvalue weighted by Gasteiger charge is 2.24. The van der Waals surface area contributed by atoms with Crippen LogP contribution in [0.15, 0.2) is 71.3 Å². The first kappa shape index (κ1) is 22.3. The molecule has 4 rings (SSSR count). The van der Waals surface area contributed by atoms with Gasteiger partial charge >= 0.3 is 5.97 Å². The van der Waals surface area contributed by atoms with Gasteiger partial charge < -0.3 is 9.52 Å². The molecule has 0 radical (unpaired) electrons. The zero-order chi connectivity index (χ0) is 23.4. The third-order valence-corrected chi connectivity index (χ3v) is 5.37. The predicted molar refractivity (Wildman–Crippen MR) is 119 cm³/mol. The summed E-state index contributed by atoms with van der Waals surface area (Å²) >= 11 is 0. The van der Waals surface area contributed by atoms with Gasteiger partial charge in [0.15, 0.2) is 0 Å². The number of carboxylic acids is 1. The Bertz CT molecular complexity index is 1290. The van der Waals surface area contributed by atoms with Crippen LogP contribution in [0.5, 0.6) is 0 Å². The minimum Gasteiger partial charge on any atom is -0.481 e. The maximum absolute atomic E-state index is 14.3. The van der Waals surface area contributed by atoms with E-state index in [2.05, 4.69) is 9.97 Å². The van der Waals surface area contributed by atoms with Crippen molar-refractivity contribution >= 4 is 5.97 Å². The van der Waals surface area contributed by atoms with Crippen LogP contribution in [0, 0.1) is 24.5 Å². The fourth-order valence-electron chi connectivity index (χ4n) is 3.72. The van der Waals surface area contributed by atoms with Gasteiger partial charge in [0, 0.05) is 24.8 Å². The summed E-state index contributed by atoms with van der Waals surface area (Å²) in [6, 6.07) is 15.8. The lowest BCUT2D eigenvalue weighted by Gasteiger charge is -2.15. The molecular weight excluding hydrogens is 426 g/mol. The topological polar surface area (TPSA) is 76.2 Å². The van der Waals surface area contributed by atoms with E-state index in [0.29, 0.717) is 34.2 Å². The van der Waals surface area contributed by atoms with Crippen molar-refractivity contribution in [3.63, 3.8) is 0 Å². The summed E-state index contributed by atoms with van der Waals surface area (Å²) in [4.78, 5) is 21.1. The van der Waals surface area contributed by atoms with Gasteiger partial charge in [0.2, 0.25) is 0 Å². The number of carboxylic acid groups (broad SMARTS) is 1. The van der Waals surface area contributed by atoms with Gasteiger partial charge in [-0.15, -0.1) is 0 Å². The van der Waals surface area contributed by atoms with Crippen LogP contribution < -0.4 is 0 Å². The number of hydrogen-bond acceptors (Lipinski definition) is 4. The lowest BCUT2D eigenvalue weighted by atomic mass is 9.95. The van der Waals surface area contributed by atoms with Crippen molar-refractivity contribution in [1.29, 1.82) is 0 Å². The average molecular weight is 448 g/mol. The molecule has 0 saturated carbocycles. The number of aryl methyl sites for hydroxylation is 1. The summed E-state index contributed by atoms with van der Waals surface area (Å²) in [6.07, 6.45) is 1.97. The smallest absolute Gasteiger partial charge is 0.307 e. The largest absolute Gasteiger partial charge is 0.481 e. The van der Waals surface area contributed by atoms with E-state index < -0.39 is 17.7 Å². The van der Waals surface area contributed by atoms with E-state index in [1.54, 1.807) is 49.4 Å². The van der Waals surface area contributed by atoms with Gasteiger partial charge in [-0.3, -0.25) is 9.78 Å². The Labute approximate surface area is 189 Å². The first-order valence-electron chi connectivity index (χ1n) is 10.5. The van der Waals surface area contributed by atoms with Crippen molar-refractivity contribution in [2.45, 2.75) is 26.2 Å². The summed E-state index contributed by atoms with van der Waals surface area (Å²) in [7, 11) is 0. The number of carbonyl (C=O) groups is 1. The molecule has 0 aliphatic heterocycles. The molecule has 2 aromatic heterocycles. The molecule has 1 N–H and O–H groups in total. The summed E-state index contributed by atoms with van der Waals surface area (Å²) in [5, 5.41) is 9.80. The molecule has 0 aliphatic rings. The molecule has 1 unspecified atom stereocenters. The summed E-state index contributed by atoms with van der Waals surface area (Å²) in [5.41, 5.74) is 2.22. The molecule has 0 spiro atoms. The van der Waals surface area contributed by atoms with Crippen LogP contribution in [0.25, 0.3) is 11.3 Å². The third kappa shape index (κ3) is 5.49. The lowest BCUT2D eigenvalue weighted by molar-refractivity contribution is -0.141. The van der Waals surface area contributed by atoms with Gasteiger partial charge in [0.05, 0.1) is 29.2 Å². The Morgan fingerprint density at radius 3 is 2.55 bits per heavy atom. The Balaban J connectivity index is 1.70. The second kappa shape index (κ2) is 9.73. The highest BCUT2D eigenvalue weighted by Crippen LogP contribution is 2.24. The normalized spacial score (nSPS) is 12.0. The number of aliphatic carboxylic acids is 1. The van der Waals surface area contributed by atoms with Crippen LogP contribution in [0.3, 0.4) is 0 Å². The van der Waals surface area contributed by atoms with E-state index in [4.69, 9.17) is 4.42 Å². The summed E-state index contributed by atoms with van der Waals surface area (Å²) in [6.45, 7) is 1.79. The quantitative estimate of drug-likeness (QED) is 0.391. The fraction of sp³-hybridized carbons (Fsp3) is 0.192. The van der Waals surface area contributed by atoms with Crippen LogP contribution in [0.2, 0.25) is 0 Å². The van der Waals surface area contributed by atoms with Crippen molar-refractivity contribution < 1.29 is 23.1 Å². The minimum atomic E-state index is -0.985. The van der Waals surface area contributed by atoms with Crippen LogP contribution in [0.1, 0.15) is 28.5 Å². The predicted octanol–water partition coefficient (Wildman–Crippen LogP) is 5.40. The lowest BCUT2D eigenvalue weighted by Crippen LogP contribution is -2.21. The monoisotopic (exact) mass is 448 g/mol. The van der Waals surface area contributed by atoms with Gasteiger partial charge in [-0.1, -0.05) is 24.3 Å². The van der Waals surface area contributed by atoms with Crippen molar-refractivity contribution in [1.82, 2.24) is 9.97 Å². The van der Waals surface area contributed by atoms with Gasteiger partial charge in [0.25, 0.3) is 0 Å². The Morgan fingerprint density at radius 1 is 1.03 bits per heavy atom. The van der Waals surface area contributed by atoms with E-state index in [0.717, 1.165) is 0 Å². The number of rotatable bonds is 8. The molecule has 0 saturated heterocycles. The van der Waals surface area contributed by atoms with Crippen LogP contribution in [-0.4, -0.2) is 21.0 Å². The molecule has 7 heteroatoms. The average Bonchev–Trinajstić information content (AvgIpc) is 3.19. The molecule has 33 heavy (non-hydrogen) atoms. The molecular formula is C26H22F2N2O3. The fourth-order valence-corrected chi connectivity index (χ4v) is 3.72. The van der Waals surface area contributed by atoms with Crippen LogP contribution >= 0.6 is 0 Å². The zero-order valence-electron chi connectivity index (χ0n) is 18.0. The maximum Gasteiger partial charge on any atom is 0.307 e. The molecule has 5 nitrogen and oxygen atoms in total. The molecule has 2 heterocycles. The molecule has 0 bridgehead atoms. The van der Waals surface area contributed by atoms with Gasteiger partial charge in [-0.05, 0) is 48.9 Å². The van der Waals surface area contributed by atoms with Crippen molar-refractivity contribution in [3.05, 3.63) is 107 Å². The number of halogens is 2. The molecule has 1 atom stereocenters. The molecule has 168 valence electrons. The minimum absolute atomic E-state index is 0.101. The van der Waals surface area contributed by atoms with Gasteiger partial charge in [-0.2, -0.15) is 0 Å². The van der Waals surface area contributed by atoms with Crippen molar-refractivity contribution in [3.8, 4) is 11.3 Å². The number of aromatic nitrogens is 2. The Morgan fingerprint density at radius 2 is 1.85 bits per heavy atom. The Kier molecular flexibility index (Phi) is 6.58. The number of benzene rings is 2. The highest BCUT2D eigenvalue weighted by molar-refractivity contribution is 5.70. The van der Waals surface area contributed by atoms with Crippen LogP contribution in [-0.2, 0) is 24.1 Å². The van der Waals surface area contributed by atoms with E-state index >= 15 is 0 Å². The Hall–Kier alpha value is -3.87. The highest BCUT2D eigenvalue weighted by atomic mass is 19.1. The maximum atomic E-state index is 14.3. The van der Waals surface area contributed by atoms with E-state index in [1.807, 2.05) is 0 Å². The first-order chi connectivity index (χ1) is 15.9. The van der Waals surface area contributed by atoms with E-state index in [-0.39, 0.29) is 30.6 Å². The van der Waals surface area contributed by atoms with E-state index in [9.17, 15) is 18.7 Å². The zero-order valence-corrected chi connectivity index (χ0v) is 18.0. The number of furan rings is 1. The summed E-state index contributed by atoms with van der Waals surface area (Å²) < 4.78 is 33.6. The van der Waals surface area contributed by atoms with Gasteiger partial charge in [-0.25, -0.2) is 13.8 Å². The van der Waals surface area contributed by atoms with Crippen molar-refractivity contribution in [2.75, 3.05) is 0 Å². The number of nitrogens with zero attached hydrogens (tertiary/aromatic N) is 2. The second-order valence-corrected chi connectivity index (χ2v) is 7.89. The molecule has 4 aromatic rings. The van der Waals surface area contributed by atoms with E-state index in [1.165, 1.54) is 24.4 Å². The standard InChI is InChI=1S/C26H22F2N2O3/c1-16-9-10-20(33-16)13-18(26(31)32)14-23-24(12-17-5-4-6-19(27)11-17)30-25(15-29-23)21-7-2-3-8-22(21)28/h2-11,15,18H,12-14H2,1H3,(H,31,32).